The predicted octanol–water partition coefficient (Wildman–Crippen LogP) is 3.39. The molecule has 7 heteroatoms. The quantitative estimate of drug-likeness (QED) is 0.753. The number of carbonyl (C=O) groups excluding carboxylic acids is 2. The van der Waals surface area contributed by atoms with Gasteiger partial charge in [0.25, 0.3) is 5.91 Å². The van der Waals surface area contributed by atoms with Crippen LogP contribution in [0.3, 0.4) is 0 Å². The third kappa shape index (κ3) is 3.06. The fourth-order valence-electron chi connectivity index (χ4n) is 2.76. The molecule has 3 heterocycles. The molecular weight excluding hydrogens is 338 g/mol. The molecule has 3 aromatic rings. The Morgan fingerprint density at radius 3 is 3.08 bits per heavy atom. The van der Waals surface area contributed by atoms with Gasteiger partial charge in [0.1, 0.15) is 5.69 Å². The minimum absolute atomic E-state index is 0.00299. The lowest BCUT2D eigenvalue weighted by atomic mass is 10.0. The first-order valence-electron chi connectivity index (χ1n) is 7.83. The van der Waals surface area contributed by atoms with Gasteiger partial charge in [0.15, 0.2) is 10.8 Å². The summed E-state index contributed by atoms with van der Waals surface area (Å²) in [6.07, 6.45) is 1.95. The molecule has 0 bridgehead atoms. The van der Waals surface area contributed by atoms with Crippen LogP contribution in [0.5, 0.6) is 0 Å². The summed E-state index contributed by atoms with van der Waals surface area (Å²) < 4.78 is 5.30. The summed E-state index contributed by atoms with van der Waals surface area (Å²) in [7, 11) is 0. The standard InChI is InChI=1S/C18H15N3O3S/c1-10(11-4-5-13-12(7-11)8-16(22)20-13)19-17(23)14-9-25-18(21-14)15-3-2-6-24-15/h2-7,9-10H,8H2,1H3,(H,19,23)(H,20,22). The first-order chi connectivity index (χ1) is 12.1. The zero-order valence-electron chi connectivity index (χ0n) is 13.4. The van der Waals surface area contributed by atoms with Gasteiger partial charge in [-0.05, 0) is 36.2 Å². The van der Waals surface area contributed by atoms with Crippen LogP contribution in [-0.4, -0.2) is 16.8 Å². The van der Waals surface area contributed by atoms with E-state index in [9.17, 15) is 9.59 Å². The number of hydrogen-bond donors (Lipinski definition) is 2. The van der Waals surface area contributed by atoms with Crippen LogP contribution in [0, 0.1) is 0 Å². The van der Waals surface area contributed by atoms with Crippen LogP contribution in [0.25, 0.3) is 10.8 Å². The highest BCUT2D eigenvalue weighted by molar-refractivity contribution is 7.13. The Morgan fingerprint density at radius 2 is 2.28 bits per heavy atom. The van der Waals surface area contributed by atoms with E-state index in [1.807, 2.05) is 31.2 Å². The van der Waals surface area contributed by atoms with Gasteiger partial charge in [0.05, 0.1) is 18.7 Å². The fraction of sp³-hybridized carbons (Fsp3) is 0.167. The van der Waals surface area contributed by atoms with E-state index in [0.29, 0.717) is 22.9 Å². The Balaban J connectivity index is 1.48. The number of rotatable bonds is 4. The maximum atomic E-state index is 12.4. The van der Waals surface area contributed by atoms with Gasteiger partial charge in [-0.2, -0.15) is 0 Å². The first kappa shape index (κ1) is 15.6. The van der Waals surface area contributed by atoms with E-state index < -0.39 is 0 Å². The minimum Gasteiger partial charge on any atom is -0.462 e. The third-order valence-corrected chi connectivity index (χ3v) is 4.93. The molecule has 126 valence electrons. The maximum Gasteiger partial charge on any atom is 0.271 e. The molecule has 2 aromatic heterocycles. The zero-order valence-corrected chi connectivity index (χ0v) is 14.2. The highest BCUT2D eigenvalue weighted by Crippen LogP contribution is 2.27. The van der Waals surface area contributed by atoms with Crippen molar-refractivity contribution < 1.29 is 14.0 Å². The first-order valence-corrected chi connectivity index (χ1v) is 8.71. The van der Waals surface area contributed by atoms with Crippen molar-refractivity contribution in [1.29, 1.82) is 0 Å². The van der Waals surface area contributed by atoms with E-state index in [0.717, 1.165) is 16.8 Å². The lowest BCUT2D eigenvalue weighted by molar-refractivity contribution is -0.115. The van der Waals surface area contributed by atoms with E-state index >= 15 is 0 Å². The molecule has 0 aliphatic carbocycles. The van der Waals surface area contributed by atoms with Crippen LogP contribution in [0.2, 0.25) is 0 Å². The summed E-state index contributed by atoms with van der Waals surface area (Å²) in [5.74, 6) is 0.404. The SMILES string of the molecule is CC(NC(=O)c1csc(-c2ccco2)n1)c1ccc2c(c1)CC(=O)N2. The van der Waals surface area contributed by atoms with E-state index in [-0.39, 0.29) is 17.9 Å². The van der Waals surface area contributed by atoms with Gasteiger partial charge in [-0.15, -0.1) is 11.3 Å². The minimum atomic E-state index is -0.240. The van der Waals surface area contributed by atoms with Gasteiger partial charge in [-0.3, -0.25) is 9.59 Å². The van der Waals surface area contributed by atoms with E-state index in [2.05, 4.69) is 15.6 Å². The summed E-state index contributed by atoms with van der Waals surface area (Å²) in [6.45, 7) is 1.91. The Kier molecular flexibility index (Phi) is 3.85. The molecule has 0 spiro atoms. The van der Waals surface area contributed by atoms with Crippen molar-refractivity contribution in [3.8, 4) is 10.8 Å². The number of amides is 2. The molecule has 1 atom stereocenters. The number of furan rings is 1. The Labute approximate surface area is 147 Å². The Hall–Kier alpha value is -2.93. The molecule has 1 unspecified atom stereocenters. The Bertz CT molecular complexity index is 946. The molecular formula is C18H15N3O3S. The molecule has 2 amide bonds. The monoisotopic (exact) mass is 353 g/mol. The largest absolute Gasteiger partial charge is 0.462 e. The van der Waals surface area contributed by atoms with E-state index in [1.54, 1.807) is 17.7 Å². The molecule has 2 N–H and O–H groups in total. The summed E-state index contributed by atoms with van der Waals surface area (Å²) >= 11 is 1.36. The van der Waals surface area contributed by atoms with Crippen LogP contribution in [0.4, 0.5) is 5.69 Å². The molecule has 0 fully saturated rings. The van der Waals surface area contributed by atoms with Crippen LogP contribution in [0.15, 0.2) is 46.4 Å². The molecule has 0 saturated carbocycles. The zero-order chi connectivity index (χ0) is 17.4. The number of nitrogens with one attached hydrogen (secondary N) is 2. The van der Waals surface area contributed by atoms with Crippen LogP contribution < -0.4 is 10.6 Å². The predicted molar refractivity (Wildman–Crippen MR) is 94.5 cm³/mol. The van der Waals surface area contributed by atoms with Crippen molar-refractivity contribution in [2.24, 2.45) is 0 Å². The molecule has 1 aromatic carbocycles. The number of nitrogens with zero attached hydrogens (tertiary/aromatic N) is 1. The van der Waals surface area contributed by atoms with E-state index in [1.165, 1.54) is 11.3 Å². The van der Waals surface area contributed by atoms with Gasteiger partial charge in [0, 0.05) is 11.1 Å². The number of hydrogen-bond acceptors (Lipinski definition) is 5. The van der Waals surface area contributed by atoms with Crippen LogP contribution in [-0.2, 0) is 11.2 Å². The van der Waals surface area contributed by atoms with Crippen LogP contribution >= 0.6 is 11.3 Å². The van der Waals surface area contributed by atoms with E-state index in [4.69, 9.17) is 4.42 Å². The van der Waals surface area contributed by atoms with Crippen molar-refractivity contribution in [3.63, 3.8) is 0 Å². The van der Waals surface area contributed by atoms with Crippen molar-refractivity contribution >= 4 is 28.8 Å². The van der Waals surface area contributed by atoms with Gasteiger partial charge in [0.2, 0.25) is 5.91 Å². The lowest BCUT2D eigenvalue weighted by Gasteiger charge is -2.14. The molecule has 25 heavy (non-hydrogen) atoms. The van der Waals surface area contributed by atoms with Crippen molar-refractivity contribution in [1.82, 2.24) is 10.3 Å². The van der Waals surface area contributed by atoms with Crippen molar-refractivity contribution in [2.75, 3.05) is 5.32 Å². The highest BCUT2D eigenvalue weighted by atomic mass is 32.1. The number of benzene rings is 1. The molecule has 1 aliphatic rings. The molecule has 1 aliphatic heterocycles. The summed E-state index contributed by atoms with van der Waals surface area (Å²) in [5, 5.41) is 8.13. The van der Waals surface area contributed by atoms with Gasteiger partial charge in [-0.1, -0.05) is 12.1 Å². The fourth-order valence-corrected chi connectivity index (χ4v) is 3.53. The molecule has 4 rings (SSSR count). The number of thiazole rings is 1. The second kappa shape index (κ2) is 6.18. The number of carbonyl (C=O) groups is 2. The smallest absolute Gasteiger partial charge is 0.271 e. The van der Waals surface area contributed by atoms with Crippen molar-refractivity contribution in [2.45, 2.75) is 19.4 Å². The number of anilines is 1. The highest BCUT2D eigenvalue weighted by Gasteiger charge is 2.20. The van der Waals surface area contributed by atoms with Crippen LogP contribution in [0.1, 0.15) is 34.6 Å². The number of aromatic nitrogens is 1. The topological polar surface area (TPSA) is 84.2 Å². The summed E-state index contributed by atoms with van der Waals surface area (Å²) in [4.78, 5) is 28.2. The number of fused-ring (bicyclic) bond motifs is 1. The van der Waals surface area contributed by atoms with Gasteiger partial charge >= 0.3 is 0 Å². The Morgan fingerprint density at radius 1 is 1.40 bits per heavy atom. The maximum absolute atomic E-state index is 12.4. The average molecular weight is 353 g/mol. The third-order valence-electron chi connectivity index (χ3n) is 4.07. The molecule has 6 nitrogen and oxygen atoms in total. The van der Waals surface area contributed by atoms with Gasteiger partial charge < -0.3 is 15.1 Å². The van der Waals surface area contributed by atoms with Gasteiger partial charge in [-0.25, -0.2) is 4.98 Å². The summed E-state index contributed by atoms with van der Waals surface area (Å²) in [5.41, 5.74) is 3.11. The summed E-state index contributed by atoms with van der Waals surface area (Å²) in [6, 6.07) is 9.13. The second-order valence-corrected chi connectivity index (χ2v) is 6.71. The molecule has 0 radical (unpaired) electrons. The average Bonchev–Trinajstić information content (AvgIpc) is 3.32. The molecule has 0 saturated heterocycles. The normalized spacial score (nSPS) is 14.0. The second-order valence-electron chi connectivity index (χ2n) is 5.85. The lowest BCUT2D eigenvalue weighted by Crippen LogP contribution is -2.26. The van der Waals surface area contributed by atoms with Crippen molar-refractivity contribution in [3.05, 3.63) is 58.8 Å².